The van der Waals surface area contributed by atoms with Crippen molar-refractivity contribution in [1.29, 1.82) is 0 Å². The van der Waals surface area contributed by atoms with Crippen LogP contribution in [0.4, 0.5) is 0 Å². The highest BCUT2D eigenvalue weighted by Crippen LogP contribution is 2.00. The highest BCUT2D eigenvalue weighted by Gasteiger charge is 2.03. The molecule has 0 amide bonds. The number of hydrogen-bond donors (Lipinski definition) is 1. The van der Waals surface area contributed by atoms with Crippen molar-refractivity contribution in [1.82, 2.24) is 10.6 Å². The van der Waals surface area contributed by atoms with Crippen LogP contribution >= 0.6 is 11.6 Å². The van der Waals surface area contributed by atoms with Crippen LogP contribution in [0.3, 0.4) is 0 Å². The van der Waals surface area contributed by atoms with Crippen LogP contribution < -0.4 is 10.6 Å². The minimum absolute atomic E-state index is 0.398. The second-order valence-electron chi connectivity index (χ2n) is 0.796. The highest BCUT2D eigenvalue weighted by molar-refractivity contribution is 6.29. The third-order valence-corrected chi connectivity index (χ3v) is 0.572. The molecule has 0 fully saturated rings. The molecule has 1 N–H and O–H groups in total. The van der Waals surface area contributed by atoms with Gasteiger partial charge in [-0.1, -0.05) is 17.0 Å². The van der Waals surface area contributed by atoms with Gasteiger partial charge in [0.2, 0.25) is 5.16 Å². The normalized spacial score (nSPS) is 17.2. The van der Waals surface area contributed by atoms with E-state index in [1.54, 1.807) is 0 Å². The molecule has 0 bridgehead atoms. The quantitative estimate of drug-likeness (QED) is 0.441. The van der Waals surface area contributed by atoms with Gasteiger partial charge in [-0.05, 0) is 0 Å². The lowest BCUT2D eigenvalue weighted by Gasteiger charge is -1.55. The third kappa shape index (κ3) is 0.490. The molecule has 4 heteroatoms. The number of nitrogens with one attached hydrogen (secondary N) is 1. The molecule has 0 atom stereocenters. The Morgan fingerprint density at radius 1 is 2.00 bits per heavy atom. The summed E-state index contributed by atoms with van der Waals surface area (Å²) in [6, 6.07) is 0. The predicted octanol–water partition coefficient (Wildman–Crippen LogP) is 0.330. The van der Waals surface area contributed by atoms with Crippen LogP contribution in [0.25, 0.3) is 0 Å². The van der Waals surface area contributed by atoms with E-state index in [1.165, 1.54) is 6.20 Å². The molecule has 31 valence electrons. The second kappa shape index (κ2) is 1.26. The average molecular weight is 104 g/mol. The molecule has 0 aromatic heterocycles. The van der Waals surface area contributed by atoms with E-state index in [0.29, 0.717) is 5.16 Å². The maximum Gasteiger partial charge on any atom is 0.331 e. The molecule has 1 heterocycles. The topological polar surface area (TPSA) is 38.5 Å². The summed E-state index contributed by atoms with van der Waals surface area (Å²) in [4.78, 5) is 0. The van der Waals surface area contributed by atoms with Crippen LogP contribution in [0.2, 0.25) is 0 Å². The van der Waals surface area contributed by atoms with Gasteiger partial charge < -0.3 is 0 Å². The van der Waals surface area contributed by atoms with Crippen LogP contribution in [0.1, 0.15) is 0 Å². The predicted molar refractivity (Wildman–Crippen MR) is 21.6 cm³/mol. The van der Waals surface area contributed by atoms with Crippen LogP contribution in [0.15, 0.2) is 16.5 Å². The zero-order valence-electron chi connectivity index (χ0n) is 2.85. The van der Waals surface area contributed by atoms with Crippen LogP contribution in [0.5, 0.6) is 0 Å². The molecule has 0 aromatic carbocycles. The molecule has 3 nitrogen and oxygen atoms in total. The average Bonchev–Trinajstić information content (AvgIpc) is 1.86. The third-order valence-electron chi connectivity index (χ3n) is 0.387. The Balaban J connectivity index is 2.68. The molecule has 0 saturated carbocycles. The smallest absolute Gasteiger partial charge is 0.0750 e. The molecule has 1 aliphatic heterocycles. The summed E-state index contributed by atoms with van der Waals surface area (Å²) in [5, 5.41) is 7.09. The lowest BCUT2D eigenvalue weighted by molar-refractivity contribution is 0.806. The fourth-order valence-corrected chi connectivity index (χ4v) is 0.274. The zero-order valence-corrected chi connectivity index (χ0v) is 3.61. The monoisotopic (exact) mass is 103 g/mol. The van der Waals surface area contributed by atoms with Gasteiger partial charge in [-0.2, -0.15) is 0 Å². The fraction of sp³-hybridized carbons (Fsp3) is 0. The Morgan fingerprint density at radius 3 is 3.00 bits per heavy atom. The van der Waals surface area contributed by atoms with E-state index in [2.05, 4.69) is 15.8 Å². The van der Waals surface area contributed by atoms with Crippen molar-refractivity contribution >= 4 is 11.6 Å². The van der Waals surface area contributed by atoms with Crippen LogP contribution in [-0.2, 0) is 0 Å². The van der Waals surface area contributed by atoms with Crippen molar-refractivity contribution in [3.63, 3.8) is 0 Å². The molecular formula is C2H2ClN3+. The van der Waals surface area contributed by atoms with Gasteiger partial charge in [0, 0.05) is 0 Å². The molecular weight excluding hydrogens is 101 g/mol. The van der Waals surface area contributed by atoms with E-state index in [0.717, 1.165) is 0 Å². The van der Waals surface area contributed by atoms with Crippen molar-refractivity contribution in [2.75, 3.05) is 0 Å². The summed E-state index contributed by atoms with van der Waals surface area (Å²) in [5.41, 5.74) is 2.44. The van der Waals surface area contributed by atoms with Gasteiger partial charge in [-0.15, -0.1) is 0 Å². The Morgan fingerprint density at radius 2 is 2.83 bits per heavy atom. The minimum Gasteiger partial charge on any atom is -0.0750 e. The molecule has 6 heavy (non-hydrogen) atoms. The van der Waals surface area contributed by atoms with E-state index in [1.807, 2.05) is 0 Å². The largest absolute Gasteiger partial charge is 0.331 e. The van der Waals surface area contributed by atoms with Crippen molar-refractivity contribution in [2.45, 2.75) is 0 Å². The Bertz CT molecular complexity index is 103. The SMILES string of the molecule is ClC1=CN[N+]=N1. The Kier molecular flexibility index (Phi) is 0.759. The lowest BCUT2D eigenvalue weighted by atomic mass is 11.0. The molecule has 0 saturated heterocycles. The van der Waals surface area contributed by atoms with Gasteiger partial charge in [0.15, 0.2) is 0 Å². The van der Waals surface area contributed by atoms with Gasteiger partial charge >= 0.3 is 5.22 Å². The summed E-state index contributed by atoms with van der Waals surface area (Å²) in [6.45, 7) is 0. The van der Waals surface area contributed by atoms with Crippen molar-refractivity contribution < 1.29 is 0 Å². The molecule has 1 radical (unpaired) electrons. The fourth-order valence-electron chi connectivity index (χ4n) is 0.188. The number of nitrogens with zero attached hydrogens (tertiary/aromatic N) is 2. The molecule has 1 aliphatic rings. The minimum atomic E-state index is 0.398. The highest BCUT2D eigenvalue weighted by atomic mass is 35.5. The van der Waals surface area contributed by atoms with E-state index in [4.69, 9.17) is 11.6 Å². The number of hydrogen-bond acceptors (Lipinski definition) is 3. The van der Waals surface area contributed by atoms with E-state index in [9.17, 15) is 0 Å². The molecule has 0 unspecified atom stereocenters. The Labute approximate surface area is 39.7 Å². The maximum atomic E-state index is 5.25. The molecule has 1 rings (SSSR count). The van der Waals surface area contributed by atoms with E-state index in [-0.39, 0.29) is 0 Å². The first-order valence-electron chi connectivity index (χ1n) is 1.41. The molecule has 0 aromatic rings. The first-order chi connectivity index (χ1) is 2.89. The van der Waals surface area contributed by atoms with Crippen molar-refractivity contribution in [2.24, 2.45) is 5.11 Å². The van der Waals surface area contributed by atoms with Crippen molar-refractivity contribution in [3.8, 4) is 0 Å². The maximum absolute atomic E-state index is 5.25. The van der Waals surface area contributed by atoms with Crippen LogP contribution in [0, 0.1) is 0 Å². The van der Waals surface area contributed by atoms with Gasteiger partial charge in [0.05, 0.1) is 0 Å². The van der Waals surface area contributed by atoms with Crippen molar-refractivity contribution in [3.05, 3.63) is 11.4 Å². The summed E-state index contributed by atoms with van der Waals surface area (Å²) >= 11 is 5.25. The van der Waals surface area contributed by atoms with Crippen LogP contribution in [-0.4, -0.2) is 0 Å². The van der Waals surface area contributed by atoms with Gasteiger partial charge in [0.1, 0.15) is 11.3 Å². The van der Waals surface area contributed by atoms with E-state index < -0.39 is 0 Å². The summed E-state index contributed by atoms with van der Waals surface area (Å²) in [6.07, 6.45) is 1.50. The van der Waals surface area contributed by atoms with Gasteiger partial charge in [0.25, 0.3) is 0 Å². The standard InChI is InChI=1S/C2H2ClN3/c3-2-1-4-6-5-2/h1H,(H,4,5)/q+1. The first kappa shape index (κ1) is 3.61. The Hall–Kier alpha value is -0.570. The summed E-state index contributed by atoms with van der Waals surface area (Å²) in [5.74, 6) is 0. The first-order valence-corrected chi connectivity index (χ1v) is 1.79. The van der Waals surface area contributed by atoms with E-state index >= 15 is 0 Å². The van der Waals surface area contributed by atoms with Gasteiger partial charge in [-0.3, -0.25) is 0 Å². The zero-order chi connectivity index (χ0) is 4.41. The molecule has 0 spiro atoms. The summed E-state index contributed by atoms with van der Waals surface area (Å²) in [7, 11) is 0. The number of halogens is 1. The summed E-state index contributed by atoms with van der Waals surface area (Å²) < 4.78 is 0. The number of rotatable bonds is 0. The van der Waals surface area contributed by atoms with Gasteiger partial charge in [-0.25, -0.2) is 0 Å². The second-order valence-corrected chi connectivity index (χ2v) is 1.18. The molecule has 0 aliphatic carbocycles. The lowest BCUT2D eigenvalue weighted by Crippen LogP contribution is -1.98.